The Morgan fingerprint density at radius 2 is 0.628 bits per heavy atom. The first-order valence-corrected chi connectivity index (χ1v) is 22.5. The summed E-state index contributed by atoms with van der Waals surface area (Å²) >= 11 is -6.02. The van der Waals surface area contributed by atoms with Crippen molar-refractivity contribution in [3.8, 4) is 0 Å². The first-order chi connectivity index (χ1) is 19.8. The third kappa shape index (κ3) is 35.0. The third-order valence-electron chi connectivity index (χ3n) is 6.99. The number of hydrogen-bond acceptors (Lipinski definition) is 10. The predicted molar refractivity (Wildman–Crippen MR) is 166 cm³/mol. The Hall–Kier alpha value is 0.322. The normalized spacial score (nSPS) is 12.8. The molecular weight excluding hydrogens is 676 g/mol. The number of quaternary nitrogens is 2. The Morgan fingerprint density at radius 1 is 0.442 bits per heavy atom. The Morgan fingerprint density at radius 3 is 0.814 bits per heavy atom. The van der Waals surface area contributed by atoms with Gasteiger partial charge >= 0.3 is 48.7 Å². The minimum absolute atomic E-state index is 0.926. The summed E-state index contributed by atoms with van der Waals surface area (Å²) < 4.78 is 69.1. The quantitative estimate of drug-likeness (QED) is 0.0824. The van der Waals surface area contributed by atoms with E-state index in [1.807, 2.05) is 0 Å². The van der Waals surface area contributed by atoms with Gasteiger partial charge in [0.15, 0.2) is 0 Å². The molecule has 264 valence electrons. The first-order valence-electron chi connectivity index (χ1n) is 15.4. The summed E-state index contributed by atoms with van der Waals surface area (Å²) in [6.45, 7) is 2.54. The van der Waals surface area contributed by atoms with E-state index in [1.165, 1.54) is 77.3 Å². The molecule has 0 fully saturated rings. The van der Waals surface area contributed by atoms with Gasteiger partial charge in [-0.05, 0) is 38.5 Å². The molecule has 0 N–H and O–H groups in total. The molecule has 0 saturated carbocycles. The van der Waals surface area contributed by atoms with Gasteiger partial charge in [-0.1, -0.05) is 38.5 Å². The first kappa shape index (κ1) is 47.7. The SMILES string of the molecule is CO[Si](CCCCCCCC[N+](C)(C)C)(OC)OC.CO[Si](CCCCCCCC[N+](C)(C)C)(OC)OC.[O]=[Mo](=[O])([O-])[O-]. The average molecular weight is 745 g/mol. The van der Waals surface area contributed by atoms with Crippen LogP contribution in [-0.2, 0) is 50.1 Å². The van der Waals surface area contributed by atoms with E-state index >= 15 is 0 Å². The van der Waals surface area contributed by atoms with Gasteiger partial charge in [0.2, 0.25) is 0 Å². The van der Waals surface area contributed by atoms with Gasteiger partial charge in [-0.2, -0.15) is 0 Å². The van der Waals surface area contributed by atoms with Gasteiger partial charge in [0.25, 0.3) is 0 Å². The molecule has 0 unspecified atom stereocenters. The van der Waals surface area contributed by atoms with Crippen molar-refractivity contribution < 1.29 is 66.6 Å². The van der Waals surface area contributed by atoms with Crippen molar-refractivity contribution in [2.75, 3.05) is 98.0 Å². The Bertz CT molecular complexity index is 658. The van der Waals surface area contributed by atoms with E-state index in [9.17, 15) is 0 Å². The molecule has 0 heterocycles. The molecule has 0 saturated heterocycles. The third-order valence-corrected chi connectivity index (χ3v) is 12.7. The van der Waals surface area contributed by atoms with E-state index in [0.29, 0.717) is 0 Å². The second kappa shape index (κ2) is 26.4. The van der Waals surface area contributed by atoms with Crippen LogP contribution >= 0.6 is 0 Å². The summed E-state index contributed by atoms with van der Waals surface area (Å²) in [6.07, 6.45) is 15.4. The maximum absolute atomic E-state index is 8.63. The van der Waals surface area contributed by atoms with Crippen molar-refractivity contribution >= 4 is 17.6 Å². The molecule has 0 spiro atoms. The van der Waals surface area contributed by atoms with Gasteiger partial charge < -0.3 is 35.5 Å². The maximum atomic E-state index is 8.63. The molecule has 0 atom stereocenters. The molecule has 0 aliphatic carbocycles. The van der Waals surface area contributed by atoms with Crippen molar-refractivity contribution in [3.05, 3.63) is 0 Å². The van der Waals surface area contributed by atoms with Gasteiger partial charge in [0.05, 0.1) is 55.4 Å². The summed E-state index contributed by atoms with van der Waals surface area (Å²) in [6, 6.07) is 1.85. The Kier molecular flexibility index (Phi) is 29.3. The van der Waals surface area contributed by atoms with Crippen LogP contribution in [0.2, 0.25) is 12.1 Å². The van der Waals surface area contributed by atoms with Crippen LogP contribution in [-0.4, -0.2) is 125 Å². The summed E-state index contributed by atoms with van der Waals surface area (Å²) in [5, 5.41) is 0. The zero-order chi connectivity index (χ0) is 34.1. The van der Waals surface area contributed by atoms with E-state index in [2.05, 4.69) is 42.3 Å². The van der Waals surface area contributed by atoms with Crippen molar-refractivity contribution in [2.24, 2.45) is 0 Å². The van der Waals surface area contributed by atoms with Crippen molar-refractivity contribution in [3.63, 3.8) is 0 Å². The molecule has 0 amide bonds. The second-order valence-electron chi connectivity index (χ2n) is 12.8. The fourth-order valence-corrected chi connectivity index (χ4v) is 7.97. The van der Waals surface area contributed by atoms with E-state index in [-0.39, 0.29) is 0 Å². The molecule has 0 aliphatic heterocycles. The topological polar surface area (TPSA) is 136 Å². The van der Waals surface area contributed by atoms with Crippen molar-refractivity contribution in [1.29, 1.82) is 0 Å². The Labute approximate surface area is 270 Å². The van der Waals surface area contributed by atoms with Crippen molar-refractivity contribution in [2.45, 2.75) is 89.1 Å². The van der Waals surface area contributed by atoms with Crippen LogP contribution in [0.5, 0.6) is 0 Å². The van der Waals surface area contributed by atoms with Gasteiger partial charge in [-0.15, -0.1) is 0 Å². The van der Waals surface area contributed by atoms with E-state index in [1.54, 1.807) is 42.7 Å². The zero-order valence-electron chi connectivity index (χ0n) is 29.7. The summed E-state index contributed by atoms with van der Waals surface area (Å²) in [5.74, 6) is 0. The van der Waals surface area contributed by atoms with E-state index in [0.717, 1.165) is 33.9 Å². The molecule has 15 heteroatoms. The average Bonchev–Trinajstić information content (AvgIpc) is 2.90. The zero-order valence-corrected chi connectivity index (χ0v) is 33.7. The summed E-state index contributed by atoms with van der Waals surface area (Å²) in [4.78, 5) is 0. The van der Waals surface area contributed by atoms with Gasteiger partial charge in [-0.25, -0.2) is 0 Å². The molecule has 0 aromatic rings. The molecule has 0 rings (SSSR count). The monoisotopic (exact) mass is 746 g/mol. The van der Waals surface area contributed by atoms with Crippen LogP contribution in [0.25, 0.3) is 0 Å². The van der Waals surface area contributed by atoms with Crippen LogP contribution in [0, 0.1) is 0 Å². The summed E-state index contributed by atoms with van der Waals surface area (Å²) in [7, 11) is 19.0. The van der Waals surface area contributed by atoms with Crippen LogP contribution in [0.15, 0.2) is 0 Å². The molecule has 12 nitrogen and oxygen atoms in total. The van der Waals surface area contributed by atoms with Crippen LogP contribution in [0.3, 0.4) is 0 Å². The van der Waals surface area contributed by atoms with Gasteiger partial charge in [-0.3, -0.25) is 0 Å². The molecular formula is C28H68MoN2O10Si2. The van der Waals surface area contributed by atoms with E-state index in [4.69, 9.17) is 40.9 Å². The number of rotatable bonds is 24. The number of hydrogen-bond donors (Lipinski definition) is 0. The standard InChI is InChI=1S/2C14H34NO3Si.Mo.4O/c2*1-15(2,3)13-11-9-7-8-10-12-14-19(16-4,17-5)18-6;;;;;/h2*7-14H2,1-6H3;;;;;/q2*+1;;;;2*-1. The molecule has 43 heavy (non-hydrogen) atoms. The van der Waals surface area contributed by atoms with Crippen LogP contribution in [0.1, 0.15) is 77.0 Å². The van der Waals surface area contributed by atoms with E-state index < -0.39 is 34.4 Å². The number of nitrogens with zero attached hydrogens (tertiary/aromatic N) is 2. The van der Waals surface area contributed by atoms with Crippen LogP contribution in [0.4, 0.5) is 0 Å². The minimum atomic E-state index is -6.02. The van der Waals surface area contributed by atoms with Crippen molar-refractivity contribution in [1.82, 2.24) is 0 Å². The number of unbranched alkanes of at least 4 members (excludes halogenated alkanes) is 10. The second-order valence-corrected chi connectivity index (χ2v) is 21.0. The van der Waals surface area contributed by atoms with Gasteiger partial charge in [0, 0.05) is 54.7 Å². The predicted octanol–water partition coefficient (Wildman–Crippen LogP) is 3.20. The fourth-order valence-electron chi connectivity index (χ4n) is 4.38. The molecule has 0 aromatic carbocycles. The van der Waals surface area contributed by atoms with Crippen LogP contribution < -0.4 is 7.52 Å². The Balaban J connectivity index is -0.000000642. The molecule has 0 radical (unpaired) electrons. The molecule has 0 bridgehead atoms. The van der Waals surface area contributed by atoms with Gasteiger partial charge in [0.1, 0.15) is 0 Å². The fraction of sp³-hybridized carbons (Fsp3) is 1.00. The summed E-state index contributed by atoms with van der Waals surface area (Å²) in [5.41, 5.74) is 0. The molecule has 0 aromatic heterocycles. The molecule has 0 aliphatic rings.